The molecule has 0 spiro atoms. The number of rotatable bonds is 3. The van der Waals surface area contributed by atoms with Gasteiger partial charge < -0.3 is 9.47 Å². The molecule has 0 saturated heterocycles. The van der Waals surface area contributed by atoms with Crippen LogP contribution in [-0.2, 0) is 9.47 Å². The highest BCUT2D eigenvalue weighted by atomic mass is 16.5. The van der Waals surface area contributed by atoms with Crippen LogP contribution in [0.1, 0.15) is 11.4 Å². The molecule has 0 amide bonds. The number of pyridine rings is 2. The predicted molar refractivity (Wildman–Crippen MR) is 81.0 cm³/mol. The molecule has 0 bridgehead atoms. The van der Waals surface area contributed by atoms with Gasteiger partial charge in [-0.2, -0.15) is 0 Å². The Morgan fingerprint density at radius 1 is 0.727 bits per heavy atom. The van der Waals surface area contributed by atoms with E-state index >= 15 is 0 Å². The summed E-state index contributed by atoms with van der Waals surface area (Å²) < 4.78 is 11.3. The Morgan fingerprint density at radius 3 is 1.64 bits per heavy atom. The smallest absolute Gasteiger partial charge is 0.235 e. The Kier molecular flexibility index (Phi) is 3.27. The molecule has 6 heteroatoms. The van der Waals surface area contributed by atoms with Gasteiger partial charge in [-0.15, -0.1) is 0 Å². The maximum Gasteiger partial charge on any atom is 0.235 e. The second-order valence-corrected chi connectivity index (χ2v) is 5.06. The van der Waals surface area contributed by atoms with Crippen molar-refractivity contribution in [3.05, 3.63) is 60.2 Å². The van der Waals surface area contributed by atoms with Crippen molar-refractivity contribution in [1.82, 2.24) is 9.97 Å². The summed E-state index contributed by atoms with van der Waals surface area (Å²) in [4.78, 5) is 17.7. The fourth-order valence-corrected chi connectivity index (χ4v) is 2.43. The molecule has 2 aromatic rings. The van der Waals surface area contributed by atoms with Crippen LogP contribution in [0.25, 0.3) is 0 Å². The lowest BCUT2D eigenvalue weighted by molar-refractivity contribution is 0.263. The van der Waals surface area contributed by atoms with Crippen molar-refractivity contribution in [2.45, 2.75) is 12.1 Å². The predicted octanol–water partition coefficient (Wildman–Crippen LogP) is 1.47. The number of hydrogen-bond donors (Lipinski definition) is 0. The van der Waals surface area contributed by atoms with E-state index in [4.69, 9.17) is 9.47 Å². The first kappa shape index (κ1) is 12.9. The molecule has 4 heterocycles. The molecule has 0 fully saturated rings. The van der Waals surface area contributed by atoms with Gasteiger partial charge in [0.05, 0.1) is 0 Å². The molecular weight excluding hydrogens is 280 g/mol. The average molecular weight is 294 g/mol. The quantitative estimate of drug-likeness (QED) is 0.859. The van der Waals surface area contributed by atoms with Crippen LogP contribution in [0.5, 0.6) is 0 Å². The largest absolute Gasteiger partial charge is 0.474 e. The summed E-state index contributed by atoms with van der Waals surface area (Å²) in [7, 11) is 0. The number of hydrogen-bond acceptors (Lipinski definition) is 6. The van der Waals surface area contributed by atoms with Crippen LogP contribution < -0.4 is 0 Å². The van der Waals surface area contributed by atoms with E-state index in [-0.39, 0.29) is 12.1 Å². The van der Waals surface area contributed by atoms with E-state index in [1.165, 1.54) is 0 Å². The molecule has 0 aromatic carbocycles. The average Bonchev–Trinajstić information content (AvgIpc) is 3.26. The minimum atomic E-state index is -0.0433. The van der Waals surface area contributed by atoms with Crippen LogP contribution in [0.15, 0.2) is 58.8 Å². The zero-order valence-corrected chi connectivity index (χ0v) is 11.8. The molecule has 1 unspecified atom stereocenters. The van der Waals surface area contributed by atoms with E-state index < -0.39 is 0 Å². The number of aliphatic imine (C=N–C) groups is 2. The molecule has 0 saturated carbocycles. The summed E-state index contributed by atoms with van der Waals surface area (Å²) in [5, 5.41) is 0. The lowest BCUT2D eigenvalue weighted by atomic mass is 10.2. The van der Waals surface area contributed by atoms with Crippen molar-refractivity contribution >= 4 is 11.8 Å². The minimum absolute atomic E-state index is 0.0433. The molecule has 2 atom stereocenters. The van der Waals surface area contributed by atoms with Gasteiger partial charge in [0.2, 0.25) is 11.8 Å². The molecule has 0 aliphatic carbocycles. The van der Waals surface area contributed by atoms with Crippen LogP contribution in [-0.4, -0.2) is 47.1 Å². The molecule has 22 heavy (non-hydrogen) atoms. The normalized spacial score (nSPS) is 23.5. The molecule has 110 valence electrons. The Bertz CT molecular complexity index is 652. The summed E-state index contributed by atoms with van der Waals surface area (Å²) in [5.41, 5.74) is 1.50. The number of aromatic nitrogens is 2. The Morgan fingerprint density at radius 2 is 1.23 bits per heavy atom. The fraction of sp³-hybridized carbons (Fsp3) is 0.250. The van der Waals surface area contributed by atoms with Gasteiger partial charge in [0.15, 0.2) is 0 Å². The van der Waals surface area contributed by atoms with Crippen LogP contribution >= 0.6 is 0 Å². The summed E-state index contributed by atoms with van der Waals surface area (Å²) >= 11 is 0. The van der Waals surface area contributed by atoms with Gasteiger partial charge in [-0.25, -0.2) is 9.98 Å². The van der Waals surface area contributed by atoms with Crippen LogP contribution in [0.3, 0.4) is 0 Å². The van der Waals surface area contributed by atoms with E-state index in [2.05, 4.69) is 20.0 Å². The maximum absolute atomic E-state index is 5.65. The fourth-order valence-electron chi connectivity index (χ4n) is 2.43. The van der Waals surface area contributed by atoms with Gasteiger partial charge >= 0.3 is 0 Å². The topological polar surface area (TPSA) is 69.0 Å². The van der Waals surface area contributed by atoms with Gasteiger partial charge in [-0.1, -0.05) is 12.1 Å². The van der Waals surface area contributed by atoms with Crippen molar-refractivity contribution < 1.29 is 9.47 Å². The third-order valence-electron chi connectivity index (χ3n) is 3.56. The highest BCUT2D eigenvalue weighted by Crippen LogP contribution is 2.20. The number of ether oxygens (including phenoxy) is 2. The summed E-state index contributed by atoms with van der Waals surface area (Å²) in [6.07, 6.45) is 3.45. The van der Waals surface area contributed by atoms with E-state index in [0.29, 0.717) is 25.0 Å². The van der Waals surface area contributed by atoms with Crippen molar-refractivity contribution in [2.75, 3.05) is 13.2 Å². The standard InChI is InChI=1S/C16H14N4O2/c1-3-7-17-11(5-1)15-19-13(9-21-15)14-10-22-16(20-14)12-6-2-4-8-18-12/h1-8,13-14H,9-10H2/t13-,14?/m1/s1. The Balaban J connectivity index is 1.52. The second kappa shape index (κ2) is 5.55. The zero-order valence-electron chi connectivity index (χ0n) is 11.8. The first-order valence-electron chi connectivity index (χ1n) is 7.14. The van der Waals surface area contributed by atoms with Crippen LogP contribution in [0.2, 0.25) is 0 Å². The molecule has 4 rings (SSSR count). The SMILES string of the molecule is c1ccc(C2=NC([C@H]3COC(c4ccccn4)=N3)CO2)nc1. The lowest BCUT2D eigenvalue weighted by Gasteiger charge is -2.07. The van der Waals surface area contributed by atoms with E-state index in [0.717, 1.165) is 11.4 Å². The van der Waals surface area contributed by atoms with E-state index in [1.807, 2.05) is 36.4 Å². The van der Waals surface area contributed by atoms with Crippen molar-refractivity contribution in [2.24, 2.45) is 9.98 Å². The highest BCUT2D eigenvalue weighted by Gasteiger charge is 2.33. The number of nitrogens with zero attached hydrogens (tertiary/aromatic N) is 4. The second-order valence-electron chi connectivity index (χ2n) is 5.06. The maximum atomic E-state index is 5.65. The van der Waals surface area contributed by atoms with E-state index in [9.17, 15) is 0 Å². The highest BCUT2D eigenvalue weighted by molar-refractivity contribution is 5.94. The van der Waals surface area contributed by atoms with Crippen molar-refractivity contribution in [3.63, 3.8) is 0 Å². The van der Waals surface area contributed by atoms with Gasteiger partial charge in [0.25, 0.3) is 0 Å². The molecule has 2 aliphatic rings. The van der Waals surface area contributed by atoms with Gasteiger partial charge in [-0.3, -0.25) is 9.97 Å². The van der Waals surface area contributed by atoms with Gasteiger partial charge in [-0.05, 0) is 24.3 Å². The van der Waals surface area contributed by atoms with Gasteiger partial charge in [0.1, 0.15) is 36.7 Å². The van der Waals surface area contributed by atoms with Crippen LogP contribution in [0.4, 0.5) is 0 Å². The molecule has 0 N–H and O–H groups in total. The third-order valence-corrected chi connectivity index (χ3v) is 3.56. The van der Waals surface area contributed by atoms with Crippen molar-refractivity contribution in [3.8, 4) is 0 Å². The first-order chi connectivity index (χ1) is 10.9. The lowest BCUT2D eigenvalue weighted by Crippen LogP contribution is -2.25. The van der Waals surface area contributed by atoms with E-state index in [1.54, 1.807) is 12.4 Å². The third kappa shape index (κ3) is 2.43. The molecule has 2 aromatic heterocycles. The Labute approximate surface area is 127 Å². The zero-order chi connectivity index (χ0) is 14.8. The molecular formula is C16H14N4O2. The molecule has 2 aliphatic heterocycles. The summed E-state index contributed by atoms with van der Waals surface area (Å²) in [6.45, 7) is 0.998. The van der Waals surface area contributed by atoms with Crippen LogP contribution in [0, 0.1) is 0 Å². The van der Waals surface area contributed by atoms with Crippen molar-refractivity contribution in [1.29, 1.82) is 0 Å². The summed E-state index contributed by atoms with van der Waals surface area (Å²) in [5.74, 6) is 1.15. The Hall–Kier alpha value is -2.76. The molecule has 0 radical (unpaired) electrons. The first-order valence-corrected chi connectivity index (χ1v) is 7.14. The molecule has 6 nitrogen and oxygen atoms in total. The monoisotopic (exact) mass is 294 g/mol. The van der Waals surface area contributed by atoms with Gasteiger partial charge in [0, 0.05) is 12.4 Å². The summed E-state index contributed by atoms with van der Waals surface area (Å²) in [6, 6.07) is 11.2. The minimum Gasteiger partial charge on any atom is -0.474 e.